The summed E-state index contributed by atoms with van der Waals surface area (Å²) in [6.07, 6.45) is 1.23. The zero-order chi connectivity index (χ0) is 17.7. The molecule has 146 valence electrons. The predicted octanol–water partition coefficient (Wildman–Crippen LogP) is 2.94. The SMILES string of the molecule is C.CC(C)SCCC(N)C(=O)O.Cl.NC1CCOC1=O.[Cl][Al]([Cl])[Cl]. The summed E-state index contributed by atoms with van der Waals surface area (Å²) in [5.41, 5.74) is 10.5. The number of aliphatic carboxylic acids is 1. The van der Waals surface area contributed by atoms with E-state index in [2.05, 4.69) is 18.6 Å². The predicted molar refractivity (Wildman–Crippen MR) is 109 cm³/mol. The molecule has 24 heavy (non-hydrogen) atoms. The van der Waals surface area contributed by atoms with Crippen molar-refractivity contribution < 1.29 is 19.4 Å². The van der Waals surface area contributed by atoms with Gasteiger partial charge in [-0.05, 0) is 17.4 Å². The third-order valence-electron chi connectivity index (χ3n) is 2.17. The summed E-state index contributed by atoms with van der Waals surface area (Å²) in [4.78, 5) is 20.5. The molecule has 2 unspecified atom stereocenters. The van der Waals surface area contributed by atoms with E-state index in [9.17, 15) is 9.59 Å². The molecule has 1 saturated heterocycles. The molecule has 0 spiro atoms. The van der Waals surface area contributed by atoms with Crippen LogP contribution in [-0.4, -0.2) is 58.1 Å². The summed E-state index contributed by atoms with van der Waals surface area (Å²) >= 11 is 0.0114. The van der Waals surface area contributed by atoms with E-state index in [1.807, 2.05) is 0 Å². The largest absolute Gasteiger partial charge is 0.643 e. The number of hydrogen-bond donors (Lipinski definition) is 3. The number of cyclic esters (lactones) is 1. The van der Waals surface area contributed by atoms with Crippen molar-refractivity contribution in [1.82, 2.24) is 0 Å². The first-order valence-electron chi connectivity index (χ1n) is 6.52. The van der Waals surface area contributed by atoms with Crippen molar-refractivity contribution >= 4 is 77.6 Å². The van der Waals surface area contributed by atoms with Crippen LogP contribution in [0, 0.1) is 0 Å². The number of thioether (sulfide) groups is 1. The maximum atomic E-state index is 10.2. The Labute approximate surface area is 171 Å². The maximum Gasteiger partial charge on any atom is 0.643 e. The normalized spacial score (nSPS) is 16.2. The van der Waals surface area contributed by atoms with Gasteiger partial charge in [-0.2, -0.15) is 11.8 Å². The number of carboxylic acid groups (broad SMARTS) is 1. The van der Waals surface area contributed by atoms with Crippen LogP contribution in [0.5, 0.6) is 0 Å². The molecule has 1 aliphatic heterocycles. The van der Waals surface area contributed by atoms with Crippen molar-refractivity contribution in [2.45, 2.75) is 51.4 Å². The molecule has 1 heterocycles. The lowest BCUT2D eigenvalue weighted by Crippen LogP contribution is -2.30. The smallest absolute Gasteiger partial charge is 0.480 e. The molecule has 0 aromatic rings. The average molecular weight is 464 g/mol. The van der Waals surface area contributed by atoms with E-state index >= 15 is 0 Å². The van der Waals surface area contributed by atoms with Gasteiger partial charge in [-0.15, -0.1) is 12.4 Å². The zero-order valence-electron chi connectivity index (χ0n) is 12.9. The van der Waals surface area contributed by atoms with Crippen molar-refractivity contribution in [1.29, 1.82) is 0 Å². The van der Waals surface area contributed by atoms with Gasteiger partial charge in [0.25, 0.3) is 0 Å². The molecule has 2 atom stereocenters. The van der Waals surface area contributed by atoms with Crippen LogP contribution >= 0.6 is 54.3 Å². The highest BCUT2D eigenvalue weighted by molar-refractivity contribution is 7.99. The van der Waals surface area contributed by atoms with Crippen molar-refractivity contribution in [3.05, 3.63) is 0 Å². The highest BCUT2D eigenvalue weighted by Crippen LogP contribution is 2.10. The summed E-state index contributed by atoms with van der Waals surface area (Å²) < 4.78 is 4.50. The van der Waals surface area contributed by atoms with Crippen LogP contribution in [-0.2, 0) is 14.3 Å². The molecule has 1 aliphatic rings. The molecule has 12 heteroatoms. The maximum absolute atomic E-state index is 10.2. The lowest BCUT2D eigenvalue weighted by molar-refractivity contribution is -0.139. The number of halogens is 4. The number of carbonyl (C=O) groups excluding carboxylic acids is 1. The fourth-order valence-corrected chi connectivity index (χ4v) is 1.93. The topological polar surface area (TPSA) is 116 Å². The Balaban J connectivity index is -0.000000133. The van der Waals surface area contributed by atoms with Crippen LogP contribution in [0.3, 0.4) is 0 Å². The van der Waals surface area contributed by atoms with Crippen molar-refractivity contribution in [3.8, 4) is 0 Å². The van der Waals surface area contributed by atoms with Gasteiger partial charge in [-0.25, -0.2) is 30.1 Å². The Morgan fingerprint density at radius 3 is 2.12 bits per heavy atom. The number of carboxylic acids is 1. The second kappa shape index (κ2) is 20.2. The molecular weight excluding hydrogens is 437 g/mol. The van der Waals surface area contributed by atoms with Gasteiger partial charge in [0.2, 0.25) is 0 Å². The molecule has 0 radical (unpaired) electrons. The molecule has 0 amide bonds. The third-order valence-corrected chi connectivity index (χ3v) is 3.31. The first-order chi connectivity index (χ1) is 10.1. The van der Waals surface area contributed by atoms with Crippen molar-refractivity contribution in [2.24, 2.45) is 11.5 Å². The van der Waals surface area contributed by atoms with E-state index in [-0.39, 0.29) is 31.8 Å². The van der Waals surface area contributed by atoms with E-state index in [0.717, 1.165) is 5.75 Å². The minimum Gasteiger partial charge on any atom is -0.480 e. The summed E-state index contributed by atoms with van der Waals surface area (Å²) in [5, 5.41) is 8.96. The van der Waals surface area contributed by atoms with Crippen molar-refractivity contribution in [2.75, 3.05) is 12.4 Å². The van der Waals surface area contributed by atoms with Gasteiger partial charge in [0.05, 0.1) is 6.61 Å². The van der Waals surface area contributed by atoms with Gasteiger partial charge in [0, 0.05) is 6.42 Å². The van der Waals surface area contributed by atoms with Gasteiger partial charge < -0.3 is 21.3 Å². The van der Waals surface area contributed by atoms with Crippen LogP contribution in [0.1, 0.15) is 34.1 Å². The summed E-state index contributed by atoms with van der Waals surface area (Å²) in [5.74, 6) is -0.347. The first-order valence-corrected chi connectivity index (χ1v) is 12.8. The Bertz CT molecular complexity index is 329. The highest BCUT2D eigenvalue weighted by atomic mass is 35.8. The molecule has 5 N–H and O–H groups in total. The fourth-order valence-electron chi connectivity index (χ4n) is 1.07. The molecular formula is C12H27AlCl4N2O4S. The van der Waals surface area contributed by atoms with Crippen molar-refractivity contribution in [3.63, 3.8) is 0 Å². The van der Waals surface area contributed by atoms with E-state index in [4.69, 9.17) is 46.7 Å². The van der Waals surface area contributed by atoms with Crippen LogP contribution < -0.4 is 11.5 Å². The zero-order valence-corrected chi connectivity index (χ0v) is 18.0. The van der Waals surface area contributed by atoms with Crippen LogP contribution in [0.4, 0.5) is 0 Å². The molecule has 6 nitrogen and oxygen atoms in total. The second-order valence-electron chi connectivity index (χ2n) is 4.46. The van der Waals surface area contributed by atoms with Gasteiger partial charge in [0.1, 0.15) is 12.1 Å². The molecule has 0 aromatic carbocycles. The third kappa shape index (κ3) is 25.1. The molecule has 1 rings (SSSR count). The Morgan fingerprint density at radius 1 is 1.46 bits per heavy atom. The molecule has 0 aromatic heterocycles. The van der Waals surface area contributed by atoms with Gasteiger partial charge in [-0.1, -0.05) is 21.3 Å². The van der Waals surface area contributed by atoms with E-state index in [1.54, 1.807) is 11.8 Å². The minimum absolute atomic E-state index is 0. The number of ether oxygens (including phenoxy) is 1. The van der Waals surface area contributed by atoms with E-state index in [0.29, 0.717) is 24.7 Å². The summed E-state index contributed by atoms with van der Waals surface area (Å²) in [6, 6.07) is -1.04. The Hall–Kier alpha value is 0.902. The number of nitrogens with two attached hydrogens (primary N) is 2. The lowest BCUT2D eigenvalue weighted by atomic mass is 10.2. The van der Waals surface area contributed by atoms with Gasteiger partial charge in [0.15, 0.2) is 0 Å². The monoisotopic (exact) mass is 462 g/mol. The second-order valence-corrected chi connectivity index (χ2v) is 12.6. The van der Waals surface area contributed by atoms with E-state index in [1.165, 1.54) is 0 Å². The highest BCUT2D eigenvalue weighted by Gasteiger charge is 2.21. The number of hydrogen-bond acceptors (Lipinski definition) is 6. The van der Waals surface area contributed by atoms with Crippen LogP contribution in [0.15, 0.2) is 0 Å². The number of rotatable bonds is 5. The van der Waals surface area contributed by atoms with Gasteiger partial charge >= 0.3 is 23.3 Å². The standard InChI is InChI=1S/C7H15NO2S.C4H7NO2.CH4.Al.4ClH/c1-5(2)11-4-3-6(8)7(9)10;5-3-1-2-7-4(3)6;;;;;;/h5-6H,3-4,8H2,1-2H3,(H,9,10);3H,1-2,5H2;1H4;;4*1H/q;;;+3;;;;/p-3. The fraction of sp³-hybridized carbons (Fsp3) is 0.833. The Morgan fingerprint density at radius 2 is 1.92 bits per heavy atom. The van der Waals surface area contributed by atoms with Crippen LogP contribution in [0.25, 0.3) is 0 Å². The first kappa shape index (κ1) is 32.6. The van der Waals surface area contributed by atoms with E-state index < -0.39 is 23.4 Å². The lowest BCUT2D eigenvalue weighted by Gasteiger charge is -2.07. The summed E-state index contributed by atoms with van der Waals surface area (Å²) in [6.45, 7) is 4.66. The quantitative estimate of drug-likeness (QED) is 0.423. The summed E-state index contributed by atoms with van der Waals surface area (Å²) in [7, 11) is 14.8. The molecule has 0 bridgehead atoms. The number of carbonyl (C=O) groups is 2. The number of esters is 1. The molecule has 0 aliphatic carbocycles. The Kier molecular flexibility index (Phi) is 27.4. The average Bonchev–Trinajstić information content (AvgIpc) is 2.73. The minimum atomic E-state index is -1.72. The van der Waals surface area contributed by atoms with Crippen LogP contribution in [0.2, 0.25) is 0 Å². The molecule has 1 fully saturated rings. The molecule has 0 saturated carbocycles. The van der Waals surface area contributed by atoms with Gasteiger partial charge in [-0.3, -0.25) is 9.59 Å².